The molecule has 0 radical (unpaired) electrons. The van der Waals surface area contributed by atoms with E-state index < -0.39 is 0 Å². The highest BCUT2D eigenvalue weighted by molar-refractivity contribution is 6.29. The number of rotatable bonds is 1. The molecule has 122 valence electrons. The molecule has 0 bridgehead atoms. The summed E-state index contributed by atoms with van der Waals surface area (Å²) < 4.78 is 5.45. The van der Waals surface area contributed by atoms with Gasteiger partial charge in [0.05, 0.1) is 24.3 Å². The zero-order valence-corrected chi connectivity index (χ0v) is 14.0. The highest BCUT2D eigenvalue weighted by atomic mass is 35.5. The molecule has 1 aromatic rings. The van der Waals surface area contributed by atoms with E-state index in [0.29, 0.717) is 5.28 Å². The predicted octanol–water partition coefficient (Wildman–Crippen LogP) is 1.69. The van der Waals surface area contributed by atoms with Crippen LogP contribution in [-0.4, -0.2) is 55.1 Å². The topological polar surface area (TPSA) is 62.6 Å². The van der Waals surface area contributed by atoms with E-state index >= 15 is 0 Å². The number of halogens is 1. The quantitative estimate of drug-likeness (QED) is 0.792. The molecule has 3 fully saturated rings. The van der Waals surface area contributed by atoms with Gasteiger partial charge in [0.1, 0.15) is 5.69 Å². The summed E-state index contributed by atoms with van der Waals surface area (Å²) in [7, 11) is 0. The second-order valence-electron chi connectivity index (χ2n) is 7.06. The molecule has 1 N–H and O–H groups in total. The molecule has 1 spiro atoms. The van der Waals surface area contributed by atoms with Crippen LogP contribution in [0.2, 0.25) is 5.28 Å². The summed E-state index contributed by atoms with van der Waals surface area (Å²) in [5.41, 5.74) is 3.32. The Kier molecular flexibility index (Phi) is 2.86. The summed E-state index contributed by atoms with van der Waals surface area (Å²) in [5, 5.41) is 3.86. The molecule has 1 aliphatic carbocycles. The molecular weight excluding hydrogens is 314 g/mol. The summed E-state index contributed by atoms with van der Waals surface area (Å²) in [5.74, 6) is 0.878. The van der Waals surface area contributed by atoms with Crippen molar-refractivity contribution in [3.63, 3.8) is 0 Å². The van der Waals surface area contributed by atoms with Gasteiger partial charge in [-0.05, 0) is 37.9 Å². The average Bonchev–Trinajstić information content (AvgIpc) is 2.90. The number of fused-ring (bicyclic) bond motifs is 5. The number of hydrogen-bond acceptors (Lipinski definition) is 6. The van der Waals surface area contributed by atoms with Crippen molar-refractivity contribution >= 4 is 28.8 Å². The van der Waals surface area contributed by atoms with E-state index in [1.165, 1.54) is 18.6 Å². The molecule has 4 aliphatic rings. The maximum Gasteiger partial charge on any atom is 0.224 e. The normalized spacial score (nSPS) is 35.0. The van der Waals surface area contributed by atoms with Crippen LogP contribution in [0.1, 0.15) is 25.5 Å². The molecule has 23 heavy (non-hydrogen) atoms. The number of aliphatic imine (C=N–C) groups is 1. The molecule has 3 aliphatic heterocycles. The van der Waals surface area contributed by atoms with Crippen molar-refractivity contribution < 1.29 is 4.74 Å². The van der Waals surface area contributed by atoms with Crippen LogP contribution in [0.4, 0.5) is 11.5 Å². The van der Waals surface area contributed by atoms with Gasteiger partial charge in [-0.1, -0.05) is 0 Å². The Bertz CT molecular complexity index is 709. The van der Waals surface area contributed by atoms with Crippen molar-refractivity contribution in [1.82, 2.24) is 15.3 Å². The van der Waals surface area contributed by atoms with Gasteiger partial charge in [0.2, 0.25) is 5.28 Å². The third-order valence-electron chi connectivity index (χ3n) is 6.05. The Morgan fingerprint density at radius 3 is 2.83 bits per heavy atom. The van der Waals surface area contributed by atoms with Crippen LogP contribution in [0.3, 0.4) is 0 Å². The molecular formula is C16H20ClN5O. The fraction of sp³-hybridized carbons (Fsp3) is 0.688. The van der Waals surface area contributed by atoms with Crippen molar-refractivity contribution in [2.24, 2.45) is 10.4 Å². The van der Waals surface area contributed by atoms with Crippen LogP contribution in [0.25, 0.3) is 0 Å². The summed E-state index contributed by atoms with van der Waals surface area (Å²) >= 11 is 6.27. The zero-order valence-electron chi connectivity index (χ0n) is 13.2. The summed E-state index contributed by atoms with van der Waals surface area (Å²) in [6, 6.07) is 0. The van der Waals surface area contributed by atoms with Crippen LogP contribution in [-0.2, 0) is 10.2 Å². The fourth-order valence-electron chi connectivity index (χ4n) is 4.71. The van der Waals surface area contributed by atoms with Crippen molar-refractivity contribution in [2.45, 2.75) is 25.2 Å². The van der Waals surface area contributed by atoms with Gasteiger partial charge in [0.15, 0.2) is 5.82 Å². The van der Waals surface area contributed by atoms with Gasteiger partial charge in [-0.2, -0.15) is 4.98 Å². The molecule has 0 aromatic carbocycles. The Hall–Kier alpha value is -1.24. The molecule has 5 rings (SSSR count). The maximum absolute atomic E-state index is 6.27. The number of hydrogen-bond donors (Lipinski definition) is 1. The van der Waals surface area contributed by atoms with E-state index in [1.807, 2.05) is 0 Å². The summed E-state index contributed by atoms with van der Waals surface area (Å²) in [4.78, 5) is 16.3. The first-order valence-corrected chi connectivity index (χ1v) is 8.76. The molecule has 1 saturated carbocycles. The highest BCUT2D eigenvalue weighted by Gasteiger charge is 2.75. The molecule has 2 saturated heterocycles. The van der Waals surface area contributed by atoms with Gasteiger partial charge in [0, 0.05) is 30.8 Å². The van der Waals surface area contributed by atoms with Gasteiger partial charge in [-0.15, -0.1) is 0 Å². The average molecular weight is 334 g/mol. The minimum atomic E-state index is -0.0661. The van der Waals surface area contributed by atoms with Gasteiger partial charge < -0.3 is 15.0 Å². The van der Waals surface area contributed by atoms with Crippen molar-refractivity contribution in [3.8, 4) is 0 Å². The number of ether oxygens (including phenoxy) is 1. The smallest absolute Gasteiger partial charge is 0.224 e. The van der Waals surface area contributed by atoms with E-state index in [2.05, 4.69) is 27.1 Å². The first kappa shape index (κ1) is 14.1. The second kappa shape index (κ2) is 4.65. The predicted molar refractivity (Wildman–Crippen MR) is 89.1 cm³/mol. The lowest BCUT2D eigenvalue weighted by Crippen LogP contribution is -2.38. The Balaban J connectivity index is 1.60. The second-order valence-corrected chi connectivity index (χ2v) is 7.40. The minimum absolute atomic E-state index is 0.0661. The van der Waals surface area contributed by atoms with Crippen molar-refractivity contribution in [2.75, 3.05) is 44.3 Å². The third-order valence-corrected chi connectivity index (χ3v) is 6.22. The summed E-state index contributed by atoms with van der Waals surface area (Å²) in [6.45, 7) is 7.47. The number of morpholine rings is 1. The molecule has 1 aromatic heterocycles. The molecule has 4 heterocycles. The van der Waals surface area contributed by atoms with Gasteiger partial charge in [0.25, 0.3) is 0 Å². The third kappa shape index (κ3) is 1.69. The monoisotopic (exact) mass is 333 g/mol. The first-order valence-electron chi connectivity index (χ1n) is 8.38. The first-order chi connectivity index (χ1) is 11.2. The van der Waals surface area contributed by atoms with Gasteiger partial charge >= 0.3 is 0 Å². The zero-order chi connectivity index (χ0) is 15.7. The Labute approximate surface area is 140 Å². The standard InChI is InChI=1S/C16H20ClN5O/c1-15-11-10(19-13(15)16(15)3-2-4-18-9-16)12(21-14(17)20-11)22-5-7-23-8-6-22/h18H,2-9H2,1H3. The molecule has 7 heteroatoms. The fourth-order valence-corrected chi connectivity index (χ4v) is 4.87. The number of nitrogens with zero attached hydrogens (tertiary/aromatic N) is 4. The van der Waals surface area contributed by atoms with E-state index in [9.17, 15) is 0 Å². The minimum Gasteiger partial charge on any atom is -0.378 e. The Morgan fingerprint density at radius 1 is 1.26 bits per heavy atom. The molecule has 6 nitrogen and oxygen atoms in total. The SMILES string of the molecule is CC12C(=Nc3c(N4CCOCC4)nc(Cl)nc31)C21CCCNC1. The van der Waals surface area contributed by atoms with E-state index in [4.69, 9.17) is 21.3 Å². The highest BCUT2D eigenvalue weighted by Crippen LogP contribution is 2.70. The maximum atomic E-state index is 6.27. The lowest BCUT2D eigenvalue weighted by atomic mass is 9.84. The number of anilines is 1. The van der Waals surface area contributed by atoms with Crippen LogP contribution in [0.15, 0.2) is 4.99 Å². The van der Waals surface area contributed by atoms with E-state index in [-0.39, 0.29) is 10.8 Å². The summed E-state index contributed by atoms with van der Waals surface area (Å²) in [6.07, 6.45) is 2.38. The number of aromatic nitrogens is 2. The van der Waals surface area contributed by atoms with Crippen LogP contribution in [0.5, 0.6) is 0 Å². The van der Waals surface area contributed by atoms with E-state index in [1.54, 1.807) is 0 Å². The lowest BCUT2D eigenvalue weighted by molar-refractivity contribution is 0.122. The van der Waals surface area contributed by atoms with Crippen LogP contribution in [0, 0.1) is 5.41 Å². The Morgan fingerprint density at radius 2 is 2.09 bits per heavy atom. The van der Waals surface area contributed by atoms with Crippen molar-refractivity contribution in [3.05, 3.63) is 11.0 Å². The van der Waals surface area contributed by atoms with Crippen molar-refractivity contribution in [1.29, 1.82) is 0 Å². The number of nitrogens with one attached hydrogen (secondary N) is 1. The molecule has 0 amide bonds. The largest absolute Gasteiger partial charge is 0.378 e. The van der Waals surface area contributed by atoms with E-state index in [0.717, 1.165) is 56.6 Å². The molecule has 2 unspecified atom stereocenters. The lowest BCUT2D eigenvalue weighted by Gasteiger charge is -2.31. The van der Waals surface area contributed by atoms with Gasteiger partial charge in [-0.25, -0.2) is 4.98 Å². The van der Waals surface area contributed by atoms with Crippen LogP contribution < -0.4 is 10.2 Å². The van der Waals surface area contributed by atoms with Crippen LogP contribution >= 0.6 is 11.6 Å². The molecule has 2 atom stereocenters. The van der Waals surface area contributed by atoms with Gasteiger partial charge in [-0.3, -0.25) is 4.99 Å². The number of piperidine rings is 1.